The quantitative estimate of drug-likeness (QED) is 0.563. The minimum atomic E-state index is 1.13. The van der Waals surface area contributed by atoms with E-state index in [2.05, 4.69) is 32.1 Å². The summed E-state index contributed by atoms with van der Waals surface area (Å²) in [5.74, 6) is 0. The van der Waals surface area contributed by atoms with E-state index in [1.807, 2.05) is 0 Å². The third-order valence-corrected chi connectivity index (χ3v) is 3.57. The first kappa shape index (κ1) is 8.01. The van der Waals surface area contributed by atoms with E-state index in [-0.39, 0.29) is 0 Å². The average Bonchev–Trinajstić information content (AvgIpc) is 2.61. The molecule has 0 aromatic rings. The molecule has 0 saturated heterocycles. The topological polar surface area (TPSA) is 0 Å². The summed E-state index contributed by atoms with van der Waals surface area (Å²) in [4.78, 5) is 0. The molecule has 0 aromatic carbocycles. The van der Waals surface area contributed by atoms with E-state index in [1.165, 1.54) is 30.0 Å². The molecule has 0 N–H and O–H groups in total. The lowest BCUT2D eigenvalue weighted by Crippen LogP contribution is -1.86. The van der Waals surface area contributed by atoms with Gasteiger partial charge in [-0.3, -0.25) is 0 Å². The van der Waals surface area contributed by atoms with Crippen LogP contribution in [0, 0.1) is 6.08 Å². The molecule has 0 saturated carbocycles. The third-order valence-electron chi connectivity index (χ3n) is 2.26. The van der Waals surface area contributed by atoms with E-state index in [4.69, 9.17) is 0 Å². The van der Waals surface area contributed by atoms with Crippen LogP contribution in [0.4, 0.5) is 0 Å². The van der Waals surface area contributed by atoms with Gasteiger partial charge in [0.15, 0.2) is 0 Å². The van der Waals surface area contributed by atoms with E-state index < -0.39 is 0 Å². The van der Waals surface area contributed by atoms with Crippen molar-refractivity contribution in [2.24, 2.45) is 0 Å². The van der Waals surface area contributed by atoms with E-state index in [9.17, 15) is 0 Å². The van der Waals surface area contributed by atoms with Gasteiger partial charge in [-0.05, 0) is 41.5 Å². The number of fused-ring (bicyclic) bond motifs is 1. The summed E-state index contributed by atoms with van der Waals surface area (Å²) in [7, 11) is 1.39. The Balaban J connectivity index is 2.40. The van der Waals surface area contributed by atoms with Crippen LogP contribution in [0.5, 0.6) is 0 Å². The molecule has 0 fully saturated rings. The SMILES string of the molecule is CCC1=[C]C2=C(CC)C=CC2=P1. The molecule has 2 aliphatic rings. The molecular formula is C11H12P. The second-order valence-electron chi connectivity index (χ2n) is 3.01. The summed E-state index contributed by atoms with van der Waals surface area (Å²) in [5.41, 5.74) is 2.84. The van der Waals surface area contributed by atoms with E-state index in [1.54, 1.807) is 0 Å². The highest BCUT2D eigenvalue weighted by molar-refractivity contribution is 7.47. The van der Waals surface area contributed by atoms with Gasteiger partial charge in [0.25, 0.3) is 0 Å². The van der Waals surface area contributed by atoms with Gasteiger partial charge in [-0.1, -0.05) is 28.1 Å². The zero-order valence-electron chi connectivity index (χ0n) is 7.52. The van der Waals surface area contributed by atoms with Crippen LogP contribution in [0.2, 0.25) is 0 Å². The van der Waals surface area contributed by atoms with Gasteiger partial charge in [0.2, 0.25) is 0 Å². The lowest BCUT2D eigenvalue weighted by atomic mass is 10.1. The zero-order chi connectivity index (χ0) is 8.55. The van der Waals surface area contributed by atoms with Crippen molar-refractivity contribution in [3.63, 3.8) is 0 Å². The molecule has 0 nitrogen and oxygen atoms in total. The highest BCUT2D eigenvalue weighted by atomic mass is 31.1. The summed E-state index contributed by atoms with van der Waals surface area (Å²) >= 11 is 0. The number of hydrogen-bond acceptors (Lipinski definition) is 0. The predicted molar refractivity (Wildman–Crippen MR) is 55.4 cm³/mol. The van der Waals surface area contributed by atoms with Crippen molar-refractivity contribution in [1.82, 2.24) is 0 Å². The summed E-state index contributed by atoms with van der Waals surface area (Å²) in [6, 6.07) is 0. The van der Waals surface area contributed by atoms with Gasteiger partial charge < -0.3 is 0 Å². The first-order chi connectivity index (χ1) is 5.85. The predicted octanol–water partition coefficient (Wildman–Crippen LogP) is 3.49. The monoisotopic (exact) mass is 175 g/mol. The Morgan fingerprint density at radius 1 is 1.25 bits per heavy atom. The van der Waals surface area contributed by atoms with Crippen molar-refractivity contribution >= 4 is 13.5 Å². The average molecular weight is 175 g/mol. The molecular weight excluding hydrogens is 163 g/mol. The van der Waals surface area contributed by atoms with Crippen LogP contribution in [0.3, 0.4) is 0 Å². The van der Waals surface area contributed by atoms with Crippen LogP contribution < -0.4 is 0 Å². The Labute approximate surface area is 75.5 Å². The summed E-state index contributed by atoms with van der Waals surface area (Å²) in [5, 5.41) is 2.90. The lowest BCUT2D eigenvalue weighted by molar-refractivity contribution is 1.14. The second-order valence-corrected chi connectivity index (χ2v) is 4.25. The molecule has 1 aliphatic carbocycles. The molecule has 0 amide bonds. The van der Waals surface area contributed by atoms with Crippen molar-refractivity contribution in [2.75, 3.05) is 0 Å². The molecule has 0 unspecified atom stereocenters. The molecule has 1 radical (unpaired) electrons. The normalized spacial score (nSPS) is 21.2. The largest absolute Gasteiger partial charge is 0.0636 e. The Bertz CT molecular complexity index is 327. The highest BCUT2D eigenvalue weighted by Crippen LogP contribution is 2.36. The van der Waals surface area contributed by atoms with Crippen molar-refractivity contribution in [3.05, 3.63) is 34.7 Å². The number of allylic oxidation sites excluding steroid dienone is 6. The Morgan fingerprint density at radius 2 is 2.08 bits per heavy atom. The third kappa shape index (κ3) is 1.11. The number of rotatable bonds is 2. The first-order valence-electron chi connectivity index (χ1n) is 4.48. The van der Waals surface area contributed by atoms with Crippen LogP contribution >= 0.6 is 8.20 Å². The van der Waals surface area contributed by atoms with Crippen LogP contribution in [0.1, 0.15) is 26.7 Å². The molecule has 0 bridgehead atoms. The maximum Gasteiger partial charge on any atom is 0.0102 e. The second kappa shape index (κ2) is 3.03. The van der Waals surface area contributed by atoms with Gasteiger partial charge in [-0.15, -0.1) is 0 Å². The van der Waals surface area contributed by atoms with Crippen molar-refractivity contribution in [1.29, 1.82) is 0 Å². The van der Waals surface area contributed by atoms with Gasteiger partial charge in [0.05, 0.1) is 0 Å². The van der Waals surface area contributed by atoms with Gasteiger partial charge in [0.1, 0.15) is 0 Å². The summed E-state index contributed by atoms with van der Waals surface area (Å²) in [6.45, 7) is 4.41. The number of hydrogen-bond donors (Lipinski definition) is 0. The van der Waals surface area contributed by atoms with E-state index in [0.29, 0.717) is 0 Å². The van der Waals surface area contributed by atoms with Crippen molar-refractivity contribution in [2.45, 2.75) is 26.7 Å². The molecule has 0 atom stereocenters. The van der Waals surface area contributed by atoms with E-state index in [0.717, 1.165) is 12.8 Å². The molecule has 61 valence electrons. The smallest absolute Gasteiger partial charge is 0.0102 e. The maximum atomic E-state index is 3.49. The van der Waals surface area contributed by atoms with Gasteiger partial charge >= 0.3 is 0 Å². The van der Waals surface area contributed by atoms with Crippen molar-refractivity contribution in [3.8, 4) is 0 Å². The minimum absolute atomic E-state index is 1.13. The maximum absolute atomic E-state index is 3.49. The zero-order valence-corrected chi connectivity index (χ0v) is 8.41. The Kier molecular flexibility index (Phi) is 2.02. The van der Waals surface area contributed by atoms with Crippen LogP contribution in [0.25, 0.3) is 0 Å². The molecule has 2 rings (SSSR count). The van der Waals surface area contributed by atoms with Crippen LogP contribution in [-0.4, -0.2) is 5.29 Å². The fraction of sp³-hybridized carbons (Fsp3) is 0.364. The highest BCUT2D eigenvalue weighted by Gasteiger charge is 2.17. The standard InChI is InChI=1S/C11H12P/c1-3-8-5-6-11-10(8)7-9(4-2)12-11/h5-6H,3-4H2,1-2H3. The van der Waals surface area contributed by atoms with Gasteiger partial charge in [0, 0.05) is 5.29 Å². The van der Waals surface area contributed by atoms with Gasteiger partial charge in [-0.2, -0.15) is 0 Å². The minimum Gasteiger partial charge on any atom is -0.0636 e. The Morgan fingerprint density at radius 3 is 2.75 bits per heavy atom. The molecule has 1 heteroatoms. The molecule has 12 heavy (non-hydrogen) atoms. The Hall–Kier alpha value is -0.610. The van der Waals surface area contributed by atoms with Crippen LogP contribution in [0.15, 0.2) is 28.6 Å². The van der Waals surface area contributed by atoms with Crippen molar-refractivity contribution < 1.29 is 0 Å². The first-order valence-corrected chi connectivity index (χ1v) is 5.37. The molecule has 1 heterocycles. The molecule has 0 spiro atoms. The van der Waals surface area contributed by atoms with Crippen LogP contribution in [-0.2, 0) is 0 Å². The summed E-state index contributed by atoms with van der Waals surface area (Å²) in [6.07, 6.45) is 10.2. The fourth-order valence-corrected chi connectivity index (χ4v) is 2.60. The van der Waals surface area contributed by atoms with E-state index >= 15 is 0 Å². The molecule has 0 aromatic heterocycles. The fourth-order valence-electron chi connectivity index (χ4n) is 1.53. The molecule has 1 aliphatic heterocycles. The lowest BCUT2D eigenvalue weighted by Gasteiger charge is -1.94. The van der Waals surface area contributed by atoms with Gasteiger partial charge in [-0.25, -0.2) is 0 Å². The summed E-state index contributed by atoms with van der Waals surface area (Å²) < 4.78 is 0.